The Kier molecular flexibility index (Phi) is 4.87. The van der Waals surface area contributed by atoms with Gasteiger partial charge in [-0.2, -0.15) is 0 Å². The number of benzene rings is 1. The fourth-order valence-corrected chi connectivity index (χ4v) is 4.09. The third-order valence-corrected chi connectivity index (χ3v) is 5.57. The summed E-state index contributed by atoms with van der Waals surface area (Å²) >= 11 is 0. The molecule has 3 heterocycles. The molecule has 0 bridgehead atoms. The van der Waals surface area contributed by atoms with Crippen LogP contribution in [0.2, 0.25) is 0 Å². The van der Waals surface area contributed by atoms with Gasteiger partial charge in [-0.1, -0.05) is 13.3 Å². The maximum Gasteiger partial charge on any atom is 0.328 e. The smallest absolute Gasteiger partial charge is 0.328 e. The van der Waals surface area contributed by atoms with Gasteiger partial charge in [0.15, 0.2) is 12.2 Å². The third-order valence-electron chi connectivity index (χ3n) is 5.57. The van der Waals surface area contributed by atoms with Crippen LogP contribution < -0.4 is 9.64 Å². The molecule has 0 spiro atoms. The van der Waals surface area contributed by atoms with Crippen LogP contribution in [-0.4, -0.2) is 78.1 Å². The second-order valence-corrected chi connectivity index (χ2v) is 7.30. The Morgan fingerprint density at radius 3 is 2.57 bits per heavy atom. The van der Waals surface area contributed by atoms with E-state index in [4.69, 9.17) is 9.73 Å². The fourth-order valence-electron chi connectivity index (χ4n) is 4.09. The van der Waals surface area contributed by atoms with Gasteiger partial charge in [-0.3, -0.25) is 9.69 Å². The monoisotopic (exact) mass is 385 g/mol. The lowest BCUT2D eigenvalue weighted by molar-refractivity contribution is -0.137. The van der Waals surface area contributed by atoms with Crippen LogP contribution >= 0.6 is 0 Å². The first-order chi connectivity index (χ1) is 13.6. The summed E-state index contributed by atoms with van der Waals surface area (Å²) in [5.41, 5.74) is 1.01. The predicted octanol–water partition coefficient (Wildman–Crippen LogP) is 1.97. The number of urea groups is 1. The van der Waals surface area contributed by atoms with Crippen LogP contribution in [-0.2, 0) is 4.79 Å². The predicted molar refractivity (Wildman–Crippen MR) is 106 cm³/mol. The summed E-state index contributed by atoms with van der Waals surface area (Å²) in [5.74, 6) is 1.47. The van der Waals surface area contributed by atoms with Crippen molar-refractivity contribution in [3.8, 4) is 5.75 Å². The number of amides is 3. The number of guanidine groups is 1. The van der Waals surface area contributed by atoms with Gasteiger partial charge < -0.3 is 19.4 Å². The molecule has 3 aliphatic heterocycles. The second kappa shape index (κ2) is 7.33. The maximum atomic E-state index is 13.1. The van der Waals surface area contributed by atoms with Crippen LogP contribution in [0, 0.1) is 0 Å². The molecule has 0 saturated carbocycles. The van der Waals surface area contributed by atoms with E-state index in [2.05, 4.69) is 11.8 Å². The molecule has 8 nitrogen and oxygen atoms in total. The van der Waals surface area contributed by atoms with E-state index in [9.17, 15) is 9.59 Å². The molecule has 2 atom stereocenters. The molecule has 2 fully saturated rings. The number of rotatable bonds is 6. The number of unbranched alkanes of at least 4 members (excludes halogenated alkanes) is 1. The van der Waals surface area contributed by atoms with Gasteiger partial charge in [0.25, 0.3) is 5.91 Å². The zero-order valence-electron chi connectivity index (χ0n) is 16.7. The molecule has 0 N–H and O–H groups in total. The lowest BCUT2D eigenvalue weighted by atomic mass is 10.1. The summed E-state index contributed by atoms with van der Waals surface area (Å²) < 4.78 is 5.52. The molecule has 8 heteroatoms. The van der Waals surface area contributed by atoms with Gasteiger partial charge in [0, 0.05) is 32.4 Å². The summed E-state index contributed by atoms with van der Waals surface area (Å²) in [6, 6.07) is 7.21. The first kappa shape index (κ1) is 18.6. The molecule has 28 heavy (non-hydrogen) atoms. The molecule has 0 aromatic heterocycles. The van der Waals surface area contributed by atoms with Gasteiger partial charge in [0.1, 0.15) is 5.75 Å². The fraction of sp³-hybridized carbons (Fsp3) is 0.550. The molecule has 4 rings (SSSR count). The summed E-state index contributed by atoms with van der Waals surface area (Å²) in [5, 5.41) is 0. The van der Waals surface area contributed by atoms with Crippen LogP contribution in [0.4, 0.5) is 10.5 Å². The van der Waals surface area contributed by atoms with Gasteiger partial charge in [-0.25, -0.2) is 9.79 Å². The third kappa shape index (κ3) is 2.87. The van der Waals surface area contributed by atoms with E-state index in [-0.39, 0.29) is 11.9 Å². The van der Waals surface area contributed by atoms with E-state index in [1.54, 1.807) is 11.9 Å². The van der Waals surface area contributed by atoms with Crippen molar-refractivity contribution in [3.05, 3.63) is 24.3 Å². The molecule has 150 valence electrons. The normalized spacial score (nSPS) is 23.9. The minimum atomic E-state index is -0.460. The Morgan fingerprint density at radius 2 is 1.89 bits per heavy atom. The Balaban J connectivity index is 1.58. The zero-order chi connectivity index (χ0) is 19.8. The highest BCUT2D eigenvalue weighted by Gasteiger charge is 2.54. The van der Waals surface area contributed by atoms with E-state index in [1.165, 1.54) is 4.90 Å². The maximum absolute atomic E-state index is 13.1. The second-order valence-electron chi connectivity index (χ2n) is 7.30. The molecule has 0 radical (unpaired) electrons. The van der Waals surface area contributed by atoms with E-state index in [1.807, 2.05) is 36.1 Å². The Hall–Kier alpha value is -2.77. The Bertz CT molecular complexity index is 794. The van der Waals surface area contributed by atoms with Crippen molar-refractivity contribution in [1.29, 1.82) is 0 Å². The molecule has 2 unspecified atom stereocenters. The lowest BCUT2D eigenvalue weighted by Gasteiger charge is -2.40. The van der Waals surface area contributed by atoms with Crippen molar-refractivity contribution in [2.24, 2.45) is 4.99 Å². The minimum absolute atomic E-state index is 0.131. The molecule has 3 amide bonds. The van der Waals surface area contributed by atoms with E-state index < -0.39 is 12.2 Å². The largest absolute Gasteiger partial charge is 0.494 e. The van der Waals surface area contributed by atoms with E-state index in [0.29, 0.717) is 19.7 Å². The van der Waals surface area contributed by atoms with Crippen LogP contribution in [0.1, 0.15) is 26.7 Å². The van der Waals surface area contributed by atoms with E-state index in [0.717, 1.165) is 36.8 Å². The highest BCUT2D eigenvalue weighted by atomic mass is 16.5. The average Bonchev–Trinajstić information content (AvgIpc) is 3.27. The summed E-state index contributed by atoms with van der Waals surface area (Å²) in [7, 11) is 1.73. The summed E-state index contributed by atoms with van der Waals surface area (Å²) in [6.07, 6.45) is 1.29. The molecule has 2 saturated heterocycles. The highest BCUT2D eigenvalue weighted by Crippen LogP contribution is 2.33. The number of ether oxygens (including phenoxy) is 1. The molecular weight excluding hydrogens is 358 g/mol. The number of hydrogen-bond acceptors (Lipinski definition) is 6. The van der Waals surface area contributed by atoms with Gasteiger partial charge >= 0.3 is 6.03 Å². The summed E-state index contributed by atoms with van der Waals surface area (Å²) in [6.45, 7) is 6.58. The van der Waals surface area contributed by atoms with Crippen LogP contribution in [0.25, 0.3) is 0 Å². The number of anilines is 1. The minimum Gasteiger partial charge on any atom is -0.494 e. The molecule has 1 aromatic rings. The first-order valence-corrected chi connectivity index (χ1v) is 9.99. The molecule has 1 aromatic carbocycles. The SMILES string of the molecule is CCCCN1C(=O)C2C(N=C3N(c4ccc(OCC)cc4)CCN32)N(C)C1=O. The van der Waals surface area contributed by atoms with Crippen molar-refractivity contribution in [3.63, 3.8) is 0 Å². The van der Waals surface area contributed by atoms with Crippen molar-refractivity contribution in [1.82, 2.24) is 14.7 Å². The number of fused-ring (bicyclic) bond motifs is 3. The van der Waals surface area contributed by atoms with Crippen molar-refractivity contribution >= 4 is 23.6 Å². The lowest BCUT2D eigenvalue weighted by Crippen LogP contribution is -2.64. The Labute approximate surface area is 165 Å². The van der Waals surface area contributed by atoms with Crippen molar-refractivity contribution < 1.29 is 14.3 Å². The van der Waals surface area contributed by atoms with Gasteiger partial charge in [-0.15, -0.1) is 0 Å². The Morgan fingerprint density at radius 1 is 1.14 bits per heavy atom. The van der Waals surface area contributed by atoms with Crippen molar-refractivity contribution in [2.75, 3.05) is 38.2 Å². The number of aliphatic imine (C=N–C) groups is 1. The van der Waals surface area contributed by atoms with Crippen molar-refractivity contribution in [2.45, 2.75) is 38.9 Å². The van der Waals surface area contributed by atoms with Crippen LogP contribution in [0.15, 0.2) is 29.3 Å². The number of imide groups is 1. The molecule has 3 aliphatic rings. The van der Waals surface area contributed by atoms with Crippen LogP contribution in [0.5, 0.6) is 5.75 Å². The van der Waals surface area contributed by atoms with Gasteiger partial charge in [-0.05, 0) is 37.6 Å². The number of likely N-dealkylation sites (N-methyl/N-ethyl adjacent to an activating group) is 1. The standard InChI is InChI=1S/C20H27N5O3/c1-4-6-11-25-18(26)16-17(22(3)20(25)27)21-19-23(12-13-24(16)19)14-7-9-15(10-8-14)28-5-2/h7-10,16-17H,4-6,11-13H2,1-3H3. The first-order valence-electron chi connectivity index (χ1n) is 9.99. The number of carbonyl (C=O) groups excluding carboxylic acids is 2. The van der Waals surface area contributed by atoms with Crippen LogP contribution in [0.3, 0.4) is 0 Å². The zero-order valence-corrected chi connectivity index (χ0v) is 16.7. The summed E-state index contributed by atoms with van der Waals surface area (Å²) in [4.78, 5) is 37.7. The van der Waals surface area contributed by atoms with Gasteiger partial charge in [0.2, 0.25) is 5.96 Å². The quantitative estimate of drug-likeness (QED) is 0.749. The average molecular weight is 385 g/mol. The van der Waals surface area contributed by atoms with Gasteiger partial charge in [0.05, 0.1) is 6.61 Å². The number of hydrogen-bond donors (Lipinski definition) is 0. The van der Waals surface area contributed by atoms with E-state index >= 15 is 0 Å². The number of carbonyl (C=O) groups is 2. The topological polar surface area (TPSA) is 68.7 Å². The highest BCUT2D eigenvalue weighted by molar-refractivity contribution is 6.07. The molecular formula is C20H27N5O3. The number of nitrogens with zero attached hydrogens (tertiary/aromatic N) is 5. The molecule has 0 aliphatic carbocycles.